The number of benzene rings is 2. The van der Waals surface area contributed by atoms with Crippen LogP contribution < -0.4 is 14.8 Å². The highest BCUT2D eigenvalue weighted by Gasteiger charge is 2.29. The summed E-state index contributed by atoms with van der Waals surface area (Å²) in [6.45, 7) is 2.10. The first-order valence-corrected chi connectivity index (χ1v) is 10.8. The Morgan fingerprint density at radius 3 is 2.69 bits per heavy atom. The Labute approximate surface area is 187 Å². The quantitative estimate of drug-likeness (QED) is 0.611. The van der Waals surface area contributed by atoms with Crippen LogP contribution in [-0.4, -0.2) is 54.9 Å². The minimum Gasteiger partial charge on any atom is -0.497 e. The molecule has 0 radical (unpaired) electrons. The van der Waals surface area contributed by atoms with E-state index in [4.69, 9.17) is 9.47 Å². The van der Waals surface area contributed by atoms with E-state index in [0.717, 1.165) is 41.2 Å². The lowest BCUT2D eigenvalue weighted by atomic mass is 10.1. The van der Waals surface area contributed by atoms with Crippen LogP contribution in [0.15, 0.2) is 47.5 Å². The number of unbranched alkanes of at least 4 members (excludes halogenated alkanes) is 1. The number of nitrogens with zero attached hydrogens (tertiary/aromatic N) is 3. The van der Waals surface area contributed by atoms with E-state index in [1.165, 1.54) is 0 Å². The molecule has 0 atom stereocenters. The summed E-state index contributed by atoms with van der Waals surface area (Å²) < 4.78 is 11.0. The largest absolute Gasteiger partial charge is 0.497 e. The van der Waals surface area contributed by atoms with Crippen LogP contribution in [0.25, 0.3) is 0 Å². The van der Waals surface area contributed by atoms with Gasteiger partial charge in [0.05, 0.1) is 19.4 Å². The molecule has 168 valence electrons. The molecule has 0 saturated carbocycles. The van der Waals surface area contributed by atoms with Crippen molar-refractivity contribution in [3.63, 3.8) is 0 Å². The molecule has 32 heavy (non-hydrogen) atoms. The van der Waals surface area contributed by atoms with E-state index in [1.807, 2.05) is 54.4 Å². The molecule has 2 aromatic rings. The summed E-state index contributed by atoms with van der Waals surface area (Å²) in [5.74, 6) is 2.30. The number of rotatable bonds is 9. The van der Waals surface area contributed by atoms with E-state index in [2.05, 4.69) is 10.3 Å². The minimum absolute atomic E-state index is 0.0304. The predicted octanol–water partition coefficient (Wildman–Crippen LogP) is 2.84. The average molecular weight is 437 g/mol. The van der Waals surface area contributed by atoms with Gasteiger partial charge < -0.3 is 19.3 Å². The van der Waals surface area contributed by atoms with Crippen LogP contribution in [0.1, 0.15) is 30.4 Å². The van der Waals surface area contributed by atoms with Gasteiger partial charge in [0.2, 0.25) is 17.8 Å². The lowest BCUT2D eigenvalue weighted by Crippen LogP contribution is -2.31. The third-order valence-electron chi connectivity index (χ3n) is 5.58. The normalized spacial score (nSPS) is 14.2. The molecular weight excluding hydrogens is 408 g/mol. The number of carbonyl (C=O) groups excluding carboxylic acids is 2. The number of guanidine groups is 1. The summed E-state index contributed by atoms with van der Waals surface area (Å²) in [6.07, 6.45) is 2.06. The number of amides is 2. The van der Waals surface area contributed by atoms with Crippen molar-refractivity contribution in [1.82, 2.24) is 15.1 Å². The van der Waals surface area contributed by atoms with E-state index in [0.29, 0.717) is 38.6 Å². The number of nitrogens with one attached hydrogen (secondary N) is 1. The summed E-state index contributed by atoms with van der Waals surface area (Å²) in [7, 11) is 3.46. The van der Waals surface area contributed by atoms with Gasteiger partial charge in [0.15, 0.2) is 0 Å². The Balaban J connectivity index is 1.18. The molecule has 2 heterocycles. The molecule has 1 saturated heterocycles. The zero-order valence-corrected chi connectivity index (χ0v) is 18.5. The maximum absolute atomic E-state index is 12.4. The van der Waals surface area contributed by atoms with Gasteiger partial charge in [0.1, 0.15) is 18.0 Å². The molecule has 2 aliphatic rings. The molecule has 0 unspecified atom stereocenters. The molecule has 0 aliphatic carbocycles. The highest BCUT2D eigenvalue weighted by molar-refractivity contribution is 6.05. The van der Waals surface area contributed by atoms with Gasteiger partial charge in [-0.3, -0.25) is 14.9 Å². The van der Waals surface area contributed by atoms with Gasteiger partial charge >= 0.3 is 0 Å². The summed E-state index contributed by atoms with van der Waals surface area (Å²) >= 11 is 0. The fourth-order valence-corrected chi connectivity index (χ4v) is 3.78. The lowest BCUT2D eigenvalue weighted by Gasteiger charge is -2.23. The second-order valence-corrected chi connectivity index (χ2v) is 8.03. The molecule has 2 amide bonds. The molecule has 0 spiro atoms. The lowest BCUT2D eigenvalue weighted by molar-refractivity contribution is -0.130. The zero-order valence-electron chi connectivity index (χ0n) is 18.5. The molecule has 0 bridgehead atoms. The van der Waals surface area contributed by atoms with Crippen LogP contribution in [0.5, 0.6) is 11.5 Å². The monoisotopic (exact) mass is 436 g/mol. The first-order chi connectivity index (χ1) is 15.5. The average Bonchev–Trinajstić information content (AvgIpc) is 3.16. The Morgan fingerprint density at radius 2 is 1.91 bits per heavy atom. The topological polar surface area (TPSA) is 83.5 Å². The second kappa shape index (κ2) is 9.72. The first-order valence-electron chi connectivity index (χ1n) is 10.8. The Kier molecular flexibility index (Phi) is 6.58. The summed E-state index contributed by atoms with van der Waals surface area (Å²) in [5.41, 5.74) is 2.97. The van der Waals surface area contributed by atoms with Crippen LogP contribution in [0.2, 0.25) is 0 Å². The van der Waals surface area contributed by atoms with Crippen LogP contribution in [0.3, 0.4) is 0 Å². The summed E-state index contributed by atoms with van der Waals surface area (Å²) in [4.78, 5) is 32.1. The number of methoxy groups -OCH3 is 1. The third kappa shape index (κ3) is 5.19. The standard InChI is InChI=1S/C24H28N4O4/c1-27(14-17-6-8-19(31-2)9-7-17)23(30)5-3-4-12-32-20-10-11-21-18(13-20)15-28-16-22(29)26-24(28)25-21/h6-11,13H,3-5,12,14-16H2,1-2H3,(H,25,26,29). The maximum atomic E-state index is 12.4. The maximum Gasteiger partial charge on any atom is 0.246 e. The first kappa shape index (κ1) is 21.7. The highest BCUT2D eigenvalue weighted by atomic mass is 16.5. The van der Waals surface area contributed by atoms with Crippen LogP contribution in [-0.2, 0) is 22.7 Å². The van der Waals surface area contributed by atoms with Crippen molar-refractivity contribution in [1.29, 1.82) is 0 Å². The van der Waals surface area contributed by atoms with Crippen molar-refractivity contribution in [3.05, 3.63) is 53.6 Å². The predicted molar refractivity (Wildman–Crippen MR) is 121 cm³/mol. The molecule has 2 aromatic carbocycles. The molecule has 8 nitrogen and oxygen atoms in total. The van der Waals surface area contributed by atoms with E-state index in [-0.39, 0.29) is 11.8 Å². The van der Waals surface area contributed by atoms with Gasteiger partial charge in [-0.1, -0.05) is 12.1 Å². The second-order valence-electron chi connectivity index (χ2n) is 8.03. The van der Waals surface area contributed by atoms with Gasteiger partial charge in [-0.15, -0.1) is 0 Å². The number of ether oxygens (including phenoxy) is 2. The van der Waals surface area contributed by atoms with Gasteiger partial charge in [-0.25, -0.2) is 4.99 Å². The van der Waals surface area contributed by atoms with E-state index in [9.17, 15) is 9.59 Å². The molecular formula is C24H28N4O4. The number of aliphatic imine (C=N–C) groups is 1. The molecule has 1 N–H and O–H groups in total. The van der Waals surface area contributed by atoms with Crippen molar-refractivity contribution in [2.45, 2.75) is 32.4 Å². The fraction of sp³-hybridized carbons (Fsp3) is 0.375. The molecule has 8 heteroatoms. The van der Waals surface area contributed by atoms with E-state index >= 15 is 0 Å². The zero-order chi connectivity index (χ0) is 22.5. The van der Waals surface area contributed by atoms with E-state index in [1.54, 1.807) is 12.0 Å². The van der Waals surface area contributed by atoms with Gasteiger partial charge in [-0.05, 0) is 48.7 Å². The Bertz CT molecular complexity index is 1020. The fourth-order valence-electron chi connectivity index (χ4n) is 3.78. The number of hydrogen-bond acceptors (Lipinski definition) is 6. The van der Waals surface area contributed by atoms with Crippen LogP contribution in [0.4, 0.5) is 5.69 Å². The van der Waals surface area contributed by atoms with Crippen LogP contribution in [0, 0.1) is 0 Å². The van der Waals surface area contributed by atoms with Crippen molar-refractivity contribution in [2.24, 2.45) is 4.99 Å². The number of carbonyl (C=O) groups is 2. The highest BCUT2D eigenvalue weighted by Crippen LogP contribution is 2.30. The van der Waals surface area contributed by atoms with Crippen molar-refractivity contribution in [3.8, 4) is 11.5 Å². The Morgan fingerprint density at radius 1 is 1.12 bits per heavy atom. The SMILES string of the molecule is COc1ccc(CN(C)C(=O)CCCCOc2ccc3c(c2)CN2CC(=O)NC2=N3)cc1. The van der Waals surface area contributed by atoms with Crippen molar-refractivity contribution in [2.75, 3.05) is 27.3 Å². The van der Waals surface area contributed by atoms with Crippen molar-refractivity contribution >= 4 is 23.5 Å². The van der Waals surface area contributed by atoms with Crippen molar-refractivity contribution < 1.29 is 19.1 Å². The smallest absolute Gasteiger partial charge is 0.246 e. The van der Waals surface area contributed by atoms with Gasteiger partial charge in [0.25, 0.3) is 0 Å². The van der Waals surface area contributed by atoms with Crippen LogP contribution >= 0.6 is 0 Å². The van der Waals surface area contributed by atoms with Gasteiger partial charge in [0, 0.05) is 32.1 Å². The third-order valence-corrected chi connectivity index (χ3v) is 5.58. The minimum atomic E-state index is -0.0304. The van der Waals surface area contributed by atoms with E-state index < -0.39 is 0 Å². The summed E-state index contributed by atoms with van der Waals surface area (Å²) in [5, 5.41) is 2.76. The number of fused-ring (bicyclic) bond motifs is 2. The molecule has 1 fully saturated rings. The Hall–Kier alpha value is -3.55. The molecule has 2 aliphatic heterocycles. The van der Waals surface area contributed by atoms with Gasteiger partial charge in [-0.2, -0.15) is 0 Å². The number of hydrogen-bond donors (Lipinski definition) is 1. The summed E-state index contributed by atoms with van der Waals surface area (Å²) in [6, 6.07) is 13.5. The molecule has 0 aromatic heterocycles. The molecule has 4 rings (SSSR count).